The van der Waals surface area contributed by atoms with Gasteiger partial charge in [0.1, 0.15) is 5.76 Å². The first kappa shape index (κ1) is 12.8. The summed E-state index contributed by atoms with van der Waals surface area (Å²) in [7, 11) is 0. The van der Waals surface area contributed by atoms with Crippen molar-refractivity contribution >= 4 is 0 Å². The summed E-state index contributed by atoms with van der Waals surface area (Å²) >= 11 is 0. The monoisotopic (exact) mass is 244 g/mol. The second-order valence-corrected chi connectivity index (χ2v) is 4.45. The first-order chi connectivity index (χ1) is 8.75. The lowest BCUT2D eigenvalue weighted by Crippen LogP contribution is -1.90. The summed E-state index contributed by atoms with van der Waals surface area (Å²) in [6.45, 7) is 7.98. The van der Waals surface area contributed by atoms with Crippen molar-refractivity contribution in [2.45, 2.75) is 46.5 Å². The minimum atomic E-state index is 0.568. The molecule has 2 heterocycles. The van der Waals surface area contributed by atoms with Gasteiger partial charge >= 0.3 is 0 Å². The number of pyridine rings is 1. The van der Waals surface area contributed by atoms with Crippen LogP contribution in [0.3, 0.4) is 0 Å². The maximum absolute atomic E-state index is 5.42. The molecule has 0 bridgehead atoms. The van der Waals surface area contributed by atoms with Crippen LogP contribution in [0, 0.1) is 13.8 Å². The van der Waals surface area contributed by atoms with Crippen LogP contribution < -0.4 is 0 Å². The summed E-state index contributed by atoms with van der Waals surface area (Å²) in [6, 6.07) is 6.06. The van der Waals surface area contributed by atoms with E-state index >= 15 is 0 Å². The maximum Gasteiger partial charge on any atom is 0.149 e. The van der Waals surface area contributed by atoms with Gasteiger partial charge in [-0.1, -0.05) is 25.1 Å². The van der Waals surface area contributed by atoms with Crippen LogP contribution in [0.1, 0.15) is 49.8 Å². The minimum Gasteiger partial charge on any atom is -0.360 e. The molecule has 0 radical (unpaired) electrons. The standard InChI is InChI=1S/C13H14N2O.C2H6/c1-8-4-3-5-11(14-8)12-9(2)15-16-13(12)10-6-7-10;1-2/h3-5,10H,6-7H2,1-2H3;1-2H3. The third kappa shape index (κ3) is 2.45. The second-order valence-electron chi connectivity index (χ2n) is 4.45. The lowest BCUT2D eigenvalue weighted by molar-refractivity contribution is 0.381. The zero-order chi connectivity index (χ0) is 13.1. The summed E-state index contributed by atoms with van der Waals surface area (Å²) in [4.78, 5) is 4.55. The first-order valence-electron chi connectivity index (χ1n) is 6.66. The van der Waals surface area contributed by atoms with E-state index in [1.54, 1.807) is 0 Å². The molecular formula is C15H20N2O. The highest BCUT2D eigenvalue weighted by Crippen LogP contribution is 2.45. The molecule has 18 heavy (non-hydrogen) atoms. The molecule has 1 fully saturated rings. The van der Waals surface area contributed by atoms with Crippen LogP contribution in [0.25, 0.3) is 11.3 Å². The summed E-state index contributed by atoms with van der Waals surface area (Å²) in [6.07, 6.45) is 2.43. The average molecular weight is 244 g/mol. The molecule has 2 aromatic heterocycles. The summed E-state index contributed by atoms with van der Waals surface area (Å²) in [5, 5.41) is 4.07. The third-order valence-electron chi connectivity index (χ3n) is 2.98. The van der Waals surface area contributed by atoms with E-state index in [0.717, 1.165) is 28.4 Å². The molecule has 3 rings (SSSR count). The van der Waals surface area contributed by atoms with Crippen molar-refractivity contribution in [1.29, 1.82) is 0 Å². The zero-order valence-electron chi connectivity index (χ0n) is 11.5. The van der Waals surface area contributed by atoms with Crippen LogP contribution in [0.2, 0.25) is 0 Å². The van der Waals surface area contributed by atoms with Gasteiger partial charge in [-0.25, -0.2) is 0 Å². The Hall–Kier alpha value is -1.64. The molecule has 0 unspecified atom stereocenters. The van der Waals surface area contributed by atoms with Gasteiger partial charge in [0.2, 0.25) is 0 Å². The van der Waals surface area contributed by atoms with Crippen LogP contribution >= 0.6 is 0 Å². The Morgan fingerprint density at radius 3 is 2.50 bits per heavy atom. The number of aromatic nitrogens is 2. The maximum atomic E-state index is 5.42. The molecule has 2 aromatic rings. The topological polar surface area (TPSA) is 38.9 Å². The molecule has 96 valence electrons. The molecule has 3 heteroatoms. The van der Waals surface area contributed by atoms with Gasteiger partial charge in [0.25, 0.3) is 0 Å². The molecule has 3 nitrogen and oxygen atoms in total. The number of nitrogens with zero attached hydrogens (tertiary/aromatic N) is 2. The van der Waals surface area contributed by atoms with Crippen LogP contribution in [-0.4, -0.2) is 10.1 Å². The minimum absolute atomic E-state index is 0.568. The van der Waals surface area contributed by atoms with Crippen LogP contribution in [0.4, 0.5) is 0 Å². The number of rotatable bonds is 2. The number of aryl methyl sites for hydroxylation is 2. The van der Waals surface area contributed by atoms with E-state index < -0.39 is 0 Å². The molecule has 0 spiro atoms. The second kappa shape index (κ2) is 5.34. The lowest BCUT2D eigenvalue weighted by Gasteiger charge is -2.01. The highest BCUT2D eigenvalue weighted by Gasteiger charge is 2.32. The average Bonchev–Trinajstić information content (AvgIpc) is 3.15. The first-order valence-corrected chi connectivity index (χ1v) is 6.66. The summed E-state index contributed by atoms with van der Waals surface area (Å²) in [5.74, 6) is 1.59. The van der Waals surface area contributed by atoms with Crippen molar-refractivity contribution in [3.8, 4) is 11.3 Å². The van der Waals surface area contributed by atoms with Gasteiger partial charge in [-0.3, -0.25) is 4.98 Å². The predicted octanol–water partition coefficient (Wildman–Crippen LogP) is 4.26. The molecule has 0 N–H and O–H groups in total. The van der Waals surface area contributed by atoms with E-state index in [1.165, 1.54) is 12.8 Å². The molecule has 0 saturated heterocycles. The van der Waals surface area contributed by atoms with Gasteiger partial charge in [0.15, 0.2) is 0 Å². The van der Waals surface area contributed by atoms with E-state index in [0.29, 0.717) is 5.92 Å². The normalized spacial score (nSPS) is 14.0. The largest absolute Gasteiger partial charge is 0.360 e. The molecule has 1 saturated carbocycles. The number of hydrogen-bond donors (Lipinski definition) is 0. The van der Waals surface area contributed by atoms with Gasteiger partial charge in [-0.2, -0.15) is 0 Å². The van der Waals surface area contributed by atoms with Gasteiger partial charge < -0.3 is 4.52 Å². The Balaban J connectivity index is 0.000000574. The molecule has 0 aliphatic heterocycles. The molecule has 0 aromatic carbocycles. The van der Waals surface area contributed by atoms with Gasteiger partial charge in [-0.15, -0.1) is 0 Å². The molecular weight excluding hydrogens is 224 g/mol. The van der Waals surface area contributed by atoms with Gasteiger partial charge in [0, 0.05) is 11.6 Å². The highest BCUT2D eigenvalue weighted by molar-refractivity contribution is 5.65. The number of hydrogen-bond acceptors (Lipinski definition) is 3. The quantitative estimate of drug-likeness (QED) is 0.792. The molecule has 1 aliphatic rings. The van der Waals surface area contributed by atoms with Crippen molar-refractivity contribution in [3.05, 3.63) is 35.3 Å². The van der Waals surface area contributed by atoms with Crippen molar-refractivity contribution in [3.63, 3.8) is 0 Å². The predicted molar refractivity (Wildman–Crippen MR) is 72.5 cm³/mol. The Morgan fingerprint density at radius 2 is 1.89 bits per heavy atom. The van der Waals surface area contributed by atoms with E-state index in [-0.39, 0.29) is 0 Å². The lowest BCUT2D eigenvalue weighted by atomic mass is 10.1. The molecule has 0 atom stereocenters. The summed E-state index contributed by atoms with van der Waals surface area (Å²) < 4.78 is 5.42. The fraction of sp³-hybridized carbons (Fsp3) is 0.467. The van der Waals surface area contributed by atoms with Crippen molar-refractivity contribution < 1.29 is 4.52 Å². The van der Waals surface area contributed by atoms with Crippen LogP contribution in [-0.2, 0) is 0 Å². The van der Waals surface area contributed by atoms with Crippen molar-refractivity contribution in [2.75, 3.05) is 0 Å². The Bertz CT molecular complexity index is 527. The third-order valence-corrected chi connectivity index (χ3v) is 2.98. The van der Waals surface area contributed by atoms with Crippen LogP contribution in [0.5, 0.6) is 0 Å². The SMILES string of the molecule is CC.Cc1cccc(-c2c(C)noc2C2CC2)n1. The molecule has 0 amide bonds. The van der Waals surface area contributed by atoms with E-state index in [9.17, 15) is 0 Å². The Kier molecular flexibility index (Phi) is 3.80. The zero-order valence-corrected chi connectivity index (χ0v) is 11.5. The Morgan fingerprint density at radius 1 is 1.17 bits per heavy atom. The summed E-state index contributed by atoms with van der Waals surface area (Å²) in [5.41, 5.74) is 4.06. The van der Waals surface area contributed by atoms with E-state index in [2.05, 4.69) is 10.1 Å². The fourth-order valence-electron chi connectivity index (χ4n) is 2.01. The van der Waals surface area contributed by atoms with Gasteiger partial charge in [-0.05, 0) is 38.8 Å². The molecule has 1 aliphatic carbocycles. The van der Waals surface area contributed by atoms with Gasteiger partial charge in [0.05, 0.1) is 17.0 Å². The van der Waals surface area contributed by atoms with Crippen LogP contribution in [0.15, 0.2) is 22.7 Å². The fourth-order valence-corrected chi connectivity index (χ4v) is 2.01. The Labute approximate surface area is 108 Å². The van der Waals surface area contributed by atoms with E-state index in [1.807, 2.05) is 45.9 Å². The highest BCUT2D eigenvalue weighted by atomic mass is 16.5. The smallest absolute Gasteiger partial charge is 0.149 e. The van der Waals surface area contributed by atoms with E-state index in [4.69, 9.17) is 4.52 Å². The van der Waals surface area contributed by atoms with Crippen molar-refractivity contribution in [2.24, 2.45) is 0 Å². The van der Waals surface area contributed by atoms with Crippen molar-refractivity contribution in [1.82, 2.24) is 10.1 Å².